The van der Waals surface area contributed by atoms with E-state index in [9.17, 15) is 5.11 Å². The number of rotatable bonds is 9. The van der Waals surface area contributed by atoms with Gasteiger partial charge in [-0.3, -0.25) is 4.68 Å². The Morgan fingerprint density at radius 3 is 2.80 bits per heavy atom. The topological polar surface area (TPSA) is 76.5 Å². The number of likely N-dealkylation sites (N-methyl/N-ethyl adjacent to an activating group) is 1. The summed E-state index contributed by atoms with van der Waals surface area (Å²) in [6.07, 6.45) is 2.99. The highest BCUT2D eigenvalue weighted by Gasteiger charge is 2.34. The first-order chi connectivity index (χ1) is 9.44. The third kappa shape index (κ3) is 4.53. The minimum atomic E-state index is -1.07. The van der Waals surface area contributed by atoms with E-state index in [0.29, 0.717) is 19.5 Å². The van der Waals surface area contributed by atoms with Crippen LogP contribution in [-0.4, -0.2) is 60.7 Å². The fourth-order valence-electron chi connectivity index (χ4n) is 2.18. The van der Waals surface area contributed by atoms with Gasteiger partial charge in [0.2, 0.25) is 0 Å². The van der Waals surface area contributed by atoms with Crippen LogP contribution in [0.15, 0.2) is 10.7 Å². The third-order valence-electron chi connectivity index (χ3n) is 3.17. The van der Waals surface area contributed by atoms with Gasteiger partial charge in [-0.25, -0.2) is 0 Å². The molecule has 0 amide bonds. The van der Waals surface area contributed by atoms with Gasteiger partial charge in [0, 0.05) is 13.7 Å². The molecule has 1 aromatic heterocycles. The van der Waals surface area contributed by atoms with Crippen molar-refractivity contribution in [2.24, 2.45) is 5.73 Å². The zero-order chi connectivity index (χ0) is 15.2. The van der Waals surface area contributed by atoms with Gasteiger partial charge in [0.05, 0.1) is 29.5 Å². The predicted molar refractivity (Wildman–Crippen MR) is 82.5 cm³/mol. The molecular formula is C13H25BrN4O2. The van der Waals surface area contributed by atoms with Gasteiger partial charge in [-0.05, 0) is 49.4 Å². The maximum Gasteiger partial charge on any atom is 0.130 e. The number of aromatic nitrogens is 2. The largest absolute Gasteiger partial charge is 0.381 e. The number of methoxy groups -OCH3 is 1. The SMILES string of the molecule is COCC(O)(CCCN)c1c(Br)cnn1CCN(C)C. The van der Waals surface area contributed by atoms with Crippen LogP contribution in [0.5, 0.6) is 0 Å². The molecule has 1 rings (SSSR count). The molecule has 0 spiro atoms. The Kier molecular flexibility index (Phi) is 7.11. The maximum atomic E-state index is 10.9. The maximum absolute atomic E-state index is 10.9. The second-order valence-corrected chi connectivity index (χ2v) is 6.08. The Bertz CT molecular complexity index is 411. The first-order valence-electron chi connectivity index (χ1n) is 6.72. The van der Waals surface area contributed by atoms with E-state index in [-0.39, 0.29) is 6.61 Å². The van der Waals surface area contributed by atoms with Gasteiger partial charge >= 0.3 is 0 Å². The summed E-state index contributed by atoms with van der Waals surface area (Å²) in [6.45, 7) is 2.32. The number of hydrogen-bond acceptors (Lipinski definition) is 5. The Balaban J connectivity index is 3.02. The van der Waals surface area contributed by atoms with Crippen LogP contribution in [0, 0.1) is 0 Å². The summed E-state index contributed by atoms with van der Waals surface area (Å²) in [5.74, 6) is 0. The Morgan fingerprint density at radius 1 is 1.55 bits per heavy atom. The lowest BCUT2D eigenvalue weighted by atomic mass is 9.94. The van der Waals surface area contributed by atoms with Crippen molar-refractivity contribution in [3.8, 4) is 0 Å². The van der Waals surface area contributed by atoms with Gasteiger partial charge in [0.15, 0.2) is 0 Å². The number of halogens is 1. The van der Waals surface area contributed by atoms with Crippen molar-refractivity contribution in [3.63, 3.8) is 0 Å². The van der Waals surface area contributed by atoms with Crippen molar-refractivity contribution in [2.45, 2.75) is 25.0 Å². The lowest BCUT2D eigenvalue weighted by Gasteiger charge is -2.29. The molecule has 0 aromatic carbocycles. The molecular weight excluding hydrogens is 324 g/mol. The van der Waals surface area contributed by atoms with Gasteiger partial charge < -0.3 is 20.5 Å². The summed E-state index contributed by atoms with van der Waals surface area (Å²) in [5.41, 5.74) is 5.25. The Hall–Kier alpha value is -0.470. The molecule has 1 unspecified atom stereocenters. The highest BCUT2D eigenvalue weighted by atomic mass is 79.9. The summed E-state index contributed by atoms with van der Waals surface area (Å²) in [4.78, 5) is 2.08. The fraction of sp³-hybridized carbons (Fsp3) is 0.769. The molecule has 3 N–H and O–H groups in total. The second-order valence-electron chi connectivity index (χ2n) is 5.22. The number of hydrogen-bond donors (Lipinski definition) is 2. The van der Waals surface area contributed by atoms with Crippen LogP contribution >= 0.6 is 15.9 Å². The fourth-order valence-corrected chi connectivity index (χ4v) is 2.85. The Morgan fingerprint density at radius 2 is 2.25 bits per heavy atom. The molecule has 0 aliphatic carbocycles. The predicted octanol–water partition coefficient (Wildman–Crippen LogP) is 0.780. The molecule has 1 aromatic rings. The molecule has 0 fully saturated rings. The monoisotopic (exact) mass is 348 g/mol. The molecule has 0 aliphatic heterocycles. The van der Waals surface area contributed by atoms with Crippen molar-refractivity contribution < 1.29 is 9.84 Å². The first-order valence-corrected chi connectivity index (χ1v) is 7.52. The number of nitrogens with zero attached hydrogens (tertiary/aromatic N) is 3. The van der Waals surface area contributed by atoms with Crippen LogP contribution < -0.4 is 5.73 Å². The summed E-state index contributed by atoms with van der Waals surface area (Å²) < 4.78 is 7.83. The summed E-state index contributed by atoms with van der Waals surface area (Å²) in [5, 5.41) is 15.3. The van der Waals surface area contributed by atoms with Crippen LogP contribution in [0.4, 0.5) is 0 Å². The standard InChI is InChI=1S/C13H25BrN4O2/c1-17(2)7-8-18-12(11(14)9-16-18)13(19,10-20-3)5-4-6-15/h9,19H,4-8,10,15H2,1-3H3. The number of ether oxygens (including phenoxy) is 1. The normalized spacial score (nSPS) is 14.8. The van der Waals surface area contributed by atoms with Crippen LogP contribution in [0.2, 0.25) is 0 Å². The van der Waals surface area contributed by atoms with Crippen LogP contribution in [0.25, 0.3) is 0 Å². The van der Waals surface area contributed by atoms with E-state index in [1.165, 1.54) is 0 Å². The molecule has 1 atom stereocenters. The van der Waals surface area contributed by atoms with Crippen molar-refractivity contribution >= 4 is 15.9 Å². The molecule has 1 heterocycles. The molecule has 116 valence electrons. The van der Waals surface area contributed by atoms with Crippen molar-refractivity contribution in [3.05, 3.63) is 16.4 Å². The zero-order valence-corrected chi connectivity index (χ0v) is 14.1. The number of aliphatic hydroxyl groups is 1. The van der Waals surface area contributed by atoms with E-state index in [1.54, 1.807) is 13.3 Å². The van der Waals surface area contributed by atoms with Crippen LogP contribution in [0.1, 0.15) is 18.5 Å². The van der Waals surface area contributed by atoms with E-state index in [4.69, 9.17) is 10.5 Å². The Labute approximate surface area is 129 Å². The van der Waals surface area contributed by atoms with Crippen molar-refractivity contribution in [1.82, 2.24) is 14.7 Å². The molecule has 0 saturated heterocycles. The van der Waals surface area contributed by atoms with E-state index in [2.05, 4.69) is 25.9 Å². The summed E-state index contributed by atoms with van der Waals surface area (Å²) in [6, 6.07) is 0. The zero-order valence-electron chi connectivity index (χ0n) is 12.5. The lowest BCUT2D eigenvalue weighted by Crippen LogP contribution is -2.36. The average Bonchev–Trinajstić information content (AvgIpc) is 2.76. The molecule has 0 saturated carbocycles. The van der Waals surface area contributed by atoms with E-state index in [1.807, 2.05) is 18.8 Å². The van der Waals surface area contributed by atoms with E-state index >= 15 is 0 Å². The molecule has 6 nitrogen and oxygen atoms in total. The van der Waals surface area contributed by atoms with Crippen LogP contribution in [-0.2, 0) is 16.9 Å². The van der Waals surface area contributed by atoms with Gasteiger partial charge in [0.1, 0.15) is 5.60 Å². The van der Waals surface area contributed by atoms with Crippen molar-refractivity contribution in [2.75, 3.05) is 40.9 Å². The quantitative estimate of drug-likeness (QED) is 0.689. The second kappa shape index (κ2) is 8.09. The molecule has 20 heavy (non-hydrogen) atoms. The van der Waals surface area contributed by atoms with Crippen molar-refractivity contribution in [1.29, 1.82) is 0 Å². The molecule has 0 radical (unpaired) electrons. The van der Waals surface area contributed by atoms with E-state index < -0.39 is 5.60 Å². The highest BCUT2D eigenvalue weighted by Crippen LogP contribution is 2.32. The minimum absolute atomic E-state index is 0.221. The van der Waals surface area contributed by atoms with E-state index in [0.717, 1.165) is 23.1 Å². The van der Waals surface area contributed by atoms with Crippen LogP contribution in [0.3, 0.4) is 0 Å². The van der Waals surface area contributed by atoms with Gasteiger partial charge in [-0.1, -0.05) is 0 Å². The first kappa shape index (κ1) is 17.6. The average molecular weight is 349 g/mol. The van der Waals surface area contributed by atoms with Gasteiger partial charge in [-0.2, -0.15) is 5.10 Å². The molecule has 7 heteroatoms. The molecule has 0 aliphatic rings. The smallest absolute Gasteiger partial charge is 0.130 e. The number of nitrogens with two attached hydrogens (primary N) is 1. The highest BCUT2D eigenvalue weighted by molar-refractivity contribution is 9.10. The third-order valence-corrected chi connectivity index (χ3v) is 3.75. The lowest BCUT2D eigenvalue weighted by molar-refractivity contribution is -0.0498. The molecule has 0 bridgehead atoms. The summed E-state index contributed by atoms with van der Waals surface area (Å²) in [7, 11) is 5.60. The van der Waals surface area contributed by atoms with Gasteiger partial charge in [0.25, 0.3) is 0 Å². The van der Waals surface area contributed by atoms with Gasteiger partial charge in [-0.15, -0.1) is 0 Å². The minimum Gasteiger partial charge on any atom is -0.381 e. The summed E-state index contributed by atoms with van der Waals surface area (Å²) >= 11 is 3.48.